The highest BCUT2D eigenvalue weighted by Gasteiger charge is 2.45. The fourth-order valence-corrected chi connectivity index (χ4v) is 5.07. The first-order valence-corrected chi connectivity index (χ1v) is 9.53. The van der Waals surface area contributed by atoms with Crippen molar-refractivity contribution in [3.8, 4) is 0 Å². The summed E-state index contributed by atoms with van der Waals surface area (Å²) < 4.78 is 0. The predicted molar refractivity (Wildman–Crippen MR) is 97.5 cm³/mol. The number of carbonyl (C=O) groups excluding carboxylic acids is 1. The zero-order valence-electron chi connectivity index (χ0n) is 14.8. The fraction of sp³-hybridized carbons (Fsp3) is 0.650. The lowest BCUT2D eigenvalue weighted by Gasteiger charge is -2.47. The van der Waals surface area contributed by atoms with Crippen molar-refractivity contribution in [3.63, 3.8) is 0 Å². The molecule has 1 saturated heterocycles. The van der Waals surface area contributed by atoms with Crippen LogP contribution in [0.25, 0.3) is 0 Å². The molecule has 24 heavy (non-hydrogen) atoms. The number of carbonyl (C=O) groups is 1. The summed E-state index contributed by atoms with van der Waals surface area (Å²) in [5.41, 5.74) is 4.36. The van der Waals surface area contributed by atoms with E-state index in [2.05, 4.69) is 47.7 Å². The minimum atomic E-state index is 0.120. The first kappa shape index (κ1) is 15.9. The van der Waals surface area contributed by atoms with E-state index < -0.39 is 0 Å². The molecule has 0 spiro atoms. The smallest absolute Gasteiger partial charge is 0.224 e. The van der Waals surface area contributed by atoms with Crippen LogP contribution in [-0.4, -0.2) is 43.5 Å². The number of hydrogen-bond donors (Lipinski definition) is 2. The molecule has 4 unspecified atom stereocenters. The highest BCUT2D eigenvalue weighted by atomic mass is 16.1. The second-order valence-corrected chi connectivity index (χ2v) is 7.81. The summed E-state index contributed by atoms with van der Waals surface area (Å²) in [5.74, 6) is 1.52. The van der Waals surface area contributed by atoms with Crippen LogP contribution in [0.3, 0.4) is 0 Å². The SMILES string of the molecule is CCCCNC(=O)C1CC2c3cccc4c3C(CN4)CC2N(C)C1. The van der Waals surface area contributed by atoms with Gasteiger partial charge < -0.3 is 15.5 Å². The number of anilines is 1. The van der Waals surface area contributed by atoms with E-state index in [0.29, 0.717) is 17.9 Å². The molecular formula is C20H29N3O. The van der Waals surface area contributed by atoms with Gasteiger partial charge in [-0.15, -0.1) is 0 Å². The quantitative estimate of drug-likeness (QED) is 0.836. The summed E-state index contributed by atoms with van der Waals surface area (Å²) in [4.78, 5) is 15.0. The second kappa shape index (κ2) is 6.40. The molecule has 1 amide bonds. The maximum Gasteiger partial charge on any atom is 0.224 e. The van der Waals surface area contributed by atoms with Gasteiger partial charge in [-0.2, -0.15) is 0 Å². The number of likely N-dealkylation sites (tertiary alicyclic amines) is 1. The third-order valence-electron chi connectivity index (χ3n) is 6.29. The molecule has 1 aromatic carbocycles. The maximum absolute atomic E-state index is 12.6. The number of hydrogen-bond acceptors (Lipinski definition) is 3. The Balaban J connectivity index is 1.56. The van der Waals surface area contributed by atoms with Crippen LogP contribution < -0.4 is 10.6 Å². The van der Waals surface area contributed by atoms with E-state index in [1.807, 2.05) is 0 Å². The van der Waals surface area contributed by atoms with Crippen molar-refractivity contribution < 1.29 is 4.79 Å². The molecule has 0 aromatic heterocycles. The van der Waals surface area contributed by atoms with E-state index in [0.717, 1.165) is 38.9 Å². The lowest BCUT2D eigenvalue weighted by atomic mass is 9.68. The van der Waals surface area contributed by atoms with Crippen LogP contribution in [0.2, 0.25) is 0 Å². The van der Waals surface area contributed by atoms with Crippen molar-refractivity contribution in [3.05, 3.63) is 29.3 Å². The standard InChI is InChI=1S/C20H29N3O/c1-3-4-8-21-20(24)14-9-16-15-6-5-7-17-19(15)13(11-22-17)10-18(16)23(2)12-14/h5-7,13-14,16,18,22H,3-4,8-12H2,1-2H3,(H,21,24). The molecule has 2 heterocycles. The summed E-state index contributed by atoms with van der Waals surface area (Å²) in [7, 11) is 2.21. The maximum atomic E-state index is 12.6. The third kappa shape index (κ3) is 2.61. The van der Waals surface area contributed by atoms with E-state index in [9.17, 15) is 4.79 Å². The molecule has 0 radical (unpaired) electrons. The van der Waals surface area contributed by atoms with Crippen LogP contribution in [0, 0.1) is 5.92 Å². The van der Waals surface area contributed by atoms with Crippen LogP contribution in [0.4, 0.5) is 5.69 Å². The number of piperidine rings is 1. The molecule has 2 aliphatic heterocycles. The summed E-state index contributed by atoms with van der Waals surface area (Å²) in [6.45, 7) is 4.95. The van der Waals surface area contributed by atoms with Gasteiger partial charge in [-0.1, -0.05) is 25.5 Å². The number of amides is 1. The Morgan fingerprint density at radius 2 is 2.25 bits per heavy atom. The number of nitrogens with zero attached hydrogens (tertiary/aromatic N) is 1. The Morgan fingerprint density at radius 1 is 1.38 bits per heavy atom. The Kier molecular flexibility index (Phi) is 4.25. The van der Waals surface area contributed by atoms with Crippen molar-refractivity contribution in [1.82, 2.24) is 10.2 Å². The average Bonchev–Trinajstić information content (AvgIpc) is 3.00. The largest absolute Gasteiger partial charge is 0.384 e. The summed E-state index contributed by atoms with van der Waals surface area (Å²) >= 11 is 0. The van der Waals surface area contributed by atoms with E-state index in [1.165, 1.54) is 17.7 Å². The van der Waals surface area contributed by atoms with Gasteiger partial charge in [0.15, 0.2) is 0 Å². The molecule has 1 aliphatic carbocycles. The molecule has 4 atom stereocenters. The number of likely N-dealkylation sites (N-methyl/N-ethyl adjacent to an activating group) is 1. The number of nitrogens with one attached hydrogen (secondary N) is 2. The van der Waals surface area contributed by atoms with E-state index in [-0.39, 0.29) is 11.8 Å². The molecule has 1 aromatic rings. The summed E-state index contributed by atoms with van der Waals surface area (Å²) in [6.07, 6.45) is 4.42. The minimum Gasteiger partial charge on any atom is -0.384 e. The molecule has 130 valence electrons. The summed E-state index contributed by atoms with van der Waals surface area (Å²) in [5, 5.41) is 6.72. The molecular weight excluding hydrogens is 298 g/mol. The van der Waals surface area contributed by atoms with Crippen LogP contribution >= 0.6 is 0 Å². The van der Waals surface area contributed by atoms with Gasteiger partial charge in [0.25, 0.3) is 0 Å². The Morgan fingerprint density at radius 3 is 3.08 bits per heavy atom. The van der Waals surface area contributed by atoms with Crippen molar-refractivity contribution in [1.29, 1.82) is 0 Å². The molecule has 4 heteroatoms. The molecule has 3 aliphatic rings. The highest BCUT2D eigenvalue weighted by Crippen LogP contribution is 2.50. The number of benzene rings is 1. The van der Waals surface area contributed by atoms with Crippen LogP contribution in [-0.2, 0) is 4.79 Å². The fourth-order valence-electron chi connectivity index (χ4n) is 5.07. The molecule has 0 saturated carbocycles. The average molecular weight is 327 g/mol. The third-order valence-corrected chi connectivity index (χ3v) is 6.29. The minimum absolute atomic E-state index is 0.120. The lowest BCUT2D eigenvalue weighted by molar-refractivity contribution is -0.127. The number of unbranched alkanes of at least 4 members (excludes halogenated alkanes) is 1. The molecule has 0 bridgehead atoms. The van der Waals surface area contributed by atoms with E-state index in [1.54, 1.807) is 5.56 Å². The molecule has 4 rings (SSSR count). The lowest BCUT2D eigenvalue weighted by Crippen LogP contribution is -2.51. The van der Waals surface area contributed by atoms with E-state index >= 15 is 0 Å². The van der Waals surface area contributed by atoms with Crippen molar-refractivity contribution in [2.75, 3.05) is 32.0 Å². The monoisotopic (exact) mass is 327 g/mol. The van der Waals surface area contributed by atoms with Gasteiger partial charge in [0, 0.05) is 43.2 Å². The zero-order valence-corrected chi connectivity index (χ0v) is 14.8. The van der Waals surface area contributed by atoms with E-state index in [4.69, 9.17) is 0 Å². The van der Waals surface area contributed by atoms with Gasteiger partial charge >= 0.3 is 0 Å². The zero-order chi connectivity index (χ0) is 16.7. The Bertz CT molecular complexity index is 629. The molecule has 4 nitrogen and oxygen atoms in total. The first-order valence-electron chi connectivity index (χ1n) is 9.53. The number of rotatable bonds is 4. The number of fused-ring (bicyclic) bond motifs is 2. The normalized spacial score (nSPS) is 31.1. The van der Waals surface area contributed by atoms with Crippen LogP contribution in [0.5, 0.6) is 0 Å². The molecule has 1 fully saturated rings. The van der Waals surface area contributed by atoms with Crippen molar-refractivity contribution >= 4 is 11.6 Å². The van der Waals surface area contributed by atoms with Crippen molar-refractivity contribution in [2.45, 2.75) is 50.5 Å². The van der Waals surface area contributed by atoms with Gasteiger partial charge in [-0.3, -0.25) is 4.79 Å². The second-order valence-electron chi connectivity index (χ2n) is 7.81. The topological polar surface area (TPSA) is 44.4 Å². The highest BCUT2D eigenvalue weighted by molar-refractivity contribution is 5.79. The predicted octanol–water partition coefficient (Wildman–Crippen LogP) is 2.92. The Hall–Kier alpha value is -1.55. The first-order chi connectivity index (χ1) is 11.7. The summed E-state index contributed by atoms with van der Waals surface area (Å²) in [6, 6.07) is 7.27. The van der Waals surface area contributed by atoms with Gasteiger partial charge in [-0.05, 0) is 43.5 Å². The van der Waals surface area contributed by atoms with Crippen LogP contribution in [0.1, 0.15) is 55.6 Å². The Labute approximate surface area is 145 Å². The van der Waals surface area contributed by atoms with Crippen LogP contribution in [0.15, 0.2) is 18.2 Å². The van der Waals surface area contributed by atoms with Crippen molar-refractivity contribution in [2.24, 2.45) is 5.92 Å². The van der Waals surface area contributed by atoms with Gasteiger partial charge in [0.05, 0.1) is 5.92 Å². The molecule has 2 N–H and O–H groups in total. The van der Waals surface area contributed by atoms with Gasteiger partial charge in [0.2, 0.25) is 5.91 Å². The van der Waals surface area contributed by atoms with Gasteiger partial charge in [-0.25, -0.2) is 0 Å². The van der Waals surface area contributed by atoms with Gasteiger partial charge in [0.1, 0.15) is 0 Å².